The number of benzene rings is 1. The predicted octanol–water partition coefficient (Wildman–Crippen LogP) is 2.78. The number of hydrogen-bond donors (Lipinski definition) is 0. The highest BCUT2D eigenvalue weighted by Gasteiger charge is 2.16. The van der Waals surface area contributed by atoms with Gasteiger partial charge in [-0.05, 0) is 42.8 Å². The van der Waals surface area contributed by atoms with Crippen LogP contribution in [0.3, 0.4) is 0 Å². The summed E-state index contributed by atoms with van der Waals surface area (Å²) in [5.41, 5.74) is 2.02. The van der Waals surface area contributed by atoms with Gasteiger partial charge in [0, 0.05) is 18.2 Å². The predicted molar refractivity (Wildman–Crippen MR) is 74.5 cm³/mol. The van der Waals surface area contributed by atoms with Gasteiger partial charge in [0.25, 0.3) is 0 Å². The van der Waals surface area contributed by atoms with E-state index in [1.54, 1.807) is 30.5 Å². The summed E-state index contributed by atoms with van der Waals surface area (Å²) in [5.74, 6) is 1.21. The topological polar surface area (TPSA) is 48.4 Å². The van der Waals surface area contributed by atoms with Crippen molar-refractivity contribution >= 4 is 5.78 Å². The third-order valence-corrected chi connectivity index (χ3v) is 3.16. The Morgan fingerprint density at radius 3 is 2.70 bits per heavy atom. The van der Waals surface area contributed by atoms with Crippen molar-refractivity contribution in [3.05, 3.63) is 53.3 Å². The lowest BCUT2D eigenvalue weighted by molar-refractivity contribution is 0.103. The molecule has 1 aromatic carbocycles. The van der Waals surface area contributed by atoms with E-state index < -0.39 is 0 Å². The van der Waals surface area contributed by atoms with Crippen LogP contribution >= 0.6 is 0 Å². The van der Waals surface area contributed by atoms with Gasteiger partial charge < -0.3 is 9.47 Å². The molecular formula is C16H15NO3. The molecule has 0 bridgehead atoms. The lowest BCUT2D eigenvalue weighted by atomic mass is 10.1. The summed E-state index contributed by atoms with van der Waals surface area (Å²) < 4.78 is 11.2. The molecule has 0 spiro atoms. The first kappa shape index (κ1) is 12.7. The van der Waals surface area contributed by atoms with Gasteiger partial charge in [-0.15, -0.1) is 0 Å². The van der Waals surface area contributed by atoms with Crippen LogP contribution in [0.2, 0.25) is 0 Å². The number of pyridine rings is 1. The Labute approximate surface area is 117 Å². The highest BCUT2D eigenvalue weighted by atomic mass is 16.5. The number of ether oxygens (including phenoxy) is 2. The number of hydrogen-bond acceptors (Lipinski definition) is 4. The number of rotatable bonds is 2. The number of fused-ring (bicyclic) bond motifs is 1. The van der Waals surface area contributed by atoms with E-state index >= 15 is 0 Å². The number of aryl methyl sites for hydroxylation is 1. The van der Waals surface area contributed by atoms with Gasteiger partial charge in [-0.3, -0.25) is 9.78 Å². The third-order valence-electron chi connectivity index (χ3n) is 3.16. The molecule has 0 fully saturated rings. The minimum Gasteiger partial charge on any atom is -0.490 e. The van der Waals surface area contributed by atoms with Crippen molar-refractivity contribution in [2.75, 3.05) is 13.2 Å². The SMILES string of the molecule is Cc1ccnc(C(=O)c2ccc3c(c2)OCCCO3)c1. The van der Waals surface area contributed by atoms with Crippen LogP contribution in [0.5, 0.6) is 11.5 Å². The molecule has 0 saturated carbocycles. The van der Waals surface area contributed by atoms with E-state index in [9.17, 15) is 4.79 Å². The quantitative estimate of drug-likeness (QED) is 0.787. The summed E-state index contributed by atoms with van der Waals surface area (Å²) in [5, 5.41) is 0. The highest BCUT2D eigenvalue weighted by molar-refractivity contribution is 6.08. The molecule has 4 nitrogen and oxygen atoms in total. The molecule has 102 valence electrons. The lowest BCUT2D eigenvalue weighted by Gasteiger charge is -2.08. The number of nitrogens with zero attached hydrogens (tertiary/aromatic N) is 1. The average molecular weight is 269 g/mol. The van der Waals surface area contributed by atoms with Gasteiger partial charge in [0.1, 0.15) is 5.69 Å². The van der Waals surface area contributed by atoms with Crippen LogP contribution in [0.25, 0.3) is 0 Å². The lowest BCUT2D eigenvalue weighted by Crippen LogP contribution is -2.05. The van der Waals surface area contributed by atoms with Crippen LogP contribution in [-0.4, -0.2) is 24.0 Å². The summed E-state index contributed by atoms with van der Waals surface area (Å²) in [6, 6.07) is 8.91. The Morgan fingerprint density at radius 2 is 1.90 bits per heavy atom. The molecule has 2 heterocycles. The Bertz CT molecular complexity index is 652. The largest absolute Gasteiger partial charge is 0.490 e. The van der Waals surface area contributed by atoms with Crippen molar-refractivity contribution in [3.8, 4) is 11.5 Å². The van der Waals surface area contributed by atoms with Crippen molar-refractivity contribution in [2.45, 2.75) is 13.3 Å². The van der Waals surface area contributed by atoms with Gasteiger partial charge in [0.15, 0.2) is 11.5 Å². The van der Waals surface area contributed by atoms with E-state index in [-0.39, 0.29) is 5.78 Å². The summed E-state index contributed by atoms with van der Waals surface area (Å²) >= 11 is 0. The molecule has 0 saturated heterocycles. The molecule has 0 atom stereocenters. The monoisotopic (exact) mass is 269 g/mol. The maximum absolute atomic E-state index is 12.4. The zero-order valence-electron chi connectivity index (χ0n) is 11.3. The highest BCUT2D eigenvalue weighted by Crippen LogP contribution is 2.31. The van der Waals surface area contributed by atoms with E-state index in [0.717, 1.165) is 12.0 Å². The fraction of sp³-hybridized carbons (Fsp3) is 0.250. The maximum atomic E-state index is 12.4. The normalized spacial score (nSPS) is 13.7. The Hall–Kier alpha value is -2.36. The second-order valence-corrected chi connectivity index (χ2v) is 4.76. The van der Waals surface area contributed by atoms with E-state index in [2.05, 4.69) is 4.98 Å². The van der Waals surface area contributed by atoms with Crippen molar-refractivity contribution in [2.24, 2.45) is 0 Å². The fourth-order valence-corrected chi connectivity index (χ4v) is 2.11. The zero-order valence-corrected chi connectivity index (χ0v) is 11.3. The van der Waals surface area contributed by atoms with Gasteiger partial charge in [-0.1, -0.05) is 0 Å². The number of carbonyl (C=O) groups is 1. The summed E-state index contributed by atoms with van der Waals surface area (Å²) in [6.07, 6.45) is 2.49. The minimum atomic E-state index is -0.107. The standard InChI is InChI=1S/C16H15NO3/c1-11-5-6-17-13(9-11)16(18)12-3-4-14-15(10-12)20-8-2-7-19-14/h3-6,9-10H,2,7-8H2,1H3. The summed E-state index contributed by atoms with van der Waals surface area (Å²) in [4.78, 5) is 16.5. The molecule has 20 heavy (non-hydrogen) atoms. The van der Waals surface area contributed by atoms with E-state index in [4.69, 9.17) is 9.47 Å². The van der Waals surface area contributed by atoms with Crippen LogP contribution in [-0.2, 0) is 0 Å². The molecule has 3 rings (SSSR count). The molecule has 1 aliphatic rings. The molecule has 1 aromatic heterocycles. The smallest absolute Gasteiger partial charge is 0.211 e. The molecule has 0 unspecified atom stereocenters. The number of ketones is 1. The van der Waals surface area contributed by atoms with Crippen molar-refractivity contribution in [3.63, 3.8) is 0 Å². The van der Waals surface area contributed by atoms with Gasteiger partial charge >= 0.3 is 0 Å². The Kier molecular flexibility index (Phi) is 3.37. The number of aromatic nitrogens is 1. The van der Waals surface area contributed by atoms with E-state index in [1.807, 2.05) is 13.0 Å². The van der Waals surface area contributed by atoms with Gasteiger partial charge in [0.05, 0.1) is 13.2 Å². The first-order chi connectivity index (χ1) is 9.74. The second-order valence-electron chi connectivity index (χ2n) is 4.76. The van der Waals surface area contributed by atoms with Crippen LogP contribution in [0.1, 0.15) is 28.0 Å². The van der Waals surface area contributed by atoms with Crippen LogP contribution in [0.15, 0.2) is 36.5 Å². The first-order valence-corrected chi connectivity index (χ1v) is 6.61. The molecule has 0 aliphatic carbocycles. The fourth-order valence-electron chi connectivity index (χ4n) is 2.11. The molecule has 2 aromatic rings. The van der Waals surface area contributed by atoms with Crippen LogP contribution in [0, 0.1) is 6.92 Å². The third kappa shape index (κ3) is 2.50. The van der Waals surface area contributed by atoms with E-state index in [0.29, 0.717) is 36.0 Å². The maximum Gasteiger partial charge on any atom is 0.211 e. The minimum absolute atomic E-state index is 0.107. The van der Waals surface area contributed by atoms with Gasteiger partial charge in [-0.25, -0.2) is 0 Å². The van der Waals surface area contributed by atoms with Crippen molar-refractivity contribution < 1.29 is 14.3 Å². The Balaban J connectivity index is 1.94. The molecule has 0 radical (unpaired) electrons. The van der Waals surface area contributed by atoms with Crippen molar-refractivity contribution in [1.29, 1.82) is 0 Å². The second kappa shape index (κ2) is 5.33. The van der Waals surface area contributed by atoms with Gasteiger partial charge in [0.2, 0.25) is 5.78 Å². The van der Waals surface area contributed by atoms with Crippen LogP contribution < -0.4 is 9.47 Å². The first-order valence-electron chi connectivity index (χ1n) is 6.61. The molecule has 4 heteroatoms. The number of carbonyl (C=O) groups excluding carboxylic acids is 1. The zero-order chi connectivity index (χ0) is 13.9. The molecule has 1 aliphatic heterocycles. The van der Waals surface area contributed by atoms with Gasteiger partial charge in [-0.2, -0.15) is 0 Å². The van der Waals surface area contributed by atoms with Crippen LogP contribution in [0.4, 0.5) is 0 Å². The molecular weight excluding hydrogens is 254 g/mol. The molecule has 0 amide bonds. The molecule has 0 N–H and O–H groups in total. The Morgan fingerprint density at radius 1 is 1.10 bits per heavy atom. The van der Waals surface area contributed by atoms with E-state index in [1.165, 1.54) is 0 Å². The average Bonchev–Trinajstić information content (AvgIpc) is 2.71. The van der Waals surface area contributed by atoms with Crippen molar-refractivity contribution in [1.82, 2.24) is 4.98 Å². The summed E-state index contributed by atoms with van der Waals surface area (Å²) in [7, 11) is 0. The summed E-state index contributed by atoms with van der Waals surface area (Å²) in [6.45, 7) is 3.18.